The topological polar surface area (TPSA) is 82.1 Å². The number of ether oxygens (including phenoxy) is 1. The molecule has 0 aromatic carbocycles. The first-order chi connectivity index (χ1) is 8.74. The number of carbonyl (C=O) groups excluding carboxylic acids is 1. The van der Waals surface area contributed by atoms with E-state index in [1.54, 1.807) is 0 Å². The molecule has 0 spiro atoms. The summed E-state index contributed by atoms with van der Waals surface area (Å²) in [5, 5.41) is 11.7. The van der Waals surface area contributed by atoms with Crippen molar-refractivity contribution in [3.8, 4) is 0 Å². The first-order valence-corrected chi connectivity index (χ1v) is 6.28. The van der Waals surface area contributed by atoms with Crippen LogP contribution in [0.15, 0.2) is 0 Å². The summed E-state index contributed by atoms with van der Waals surface area (Å²) in [6.07, 6.45) is -0.929. The van der Waals surface area contributed by atoms with E-state index in [0.717, 1.165) is 0 Å². The maximum absolute atomic E-state index is 12.0. The van der Waals surface area contributed by atoms with Crippen LogP contribution < -0.4 is 5.32 Å². The van der Waals surface area contributed by atoms with Gasteiger partial charge in [0.05, 0.1) is 13.2 Å². The predicted molar refractivity (Wildman–Crippen MR) is 70.1 cm³/mol. The van der Waals surface area contributed by atoms with Gasteiger partial charge in [0.25, 0.3) is 0 Å². The molecule has 0 aromatic rings. The average Bonchev–Trinajstić information content (AvgIpc) is 2.36. The maximum atomic E-state index is 12.0. The van der Waals surface area contributed by atoms with E-state index >= 15 is 0 Å². The van der Waals surface area contributed by atoms with Crippen LogP contribution in [0.5, 0.6) is 0 Å². The molecule has 0 aliphatic carbocycles. The van der Waals surface area contributed by atoms with Crippen molar-refractivity contribution in [3.63, 3.8) is 0 Å². The summed E-state index contributed by atoms with van der Waals surface area (Å²) in [5.41, 5.74) is -0.159. The molecule has 1 aliphatic heterocycles. The Labute approximate surface area is 113 Å². The monoisotopic (exact) mass is 273 g/mol. The van der Waals surface area contributed by atoms with Crippen molar-refractivity contribution in [3.05, 3.63) is 0 Å². The van der Waals surface area contributed by atoms with E-state index in [-0.39, 0.29) is 24.7 Å². The zero-order chi connectivity index (χ0) is 14.6. The third-order valence-electron chi connectivity index (χ3n) is 3.51. The largest absolute Gasteiger partial charge is 0.479 e. The normalized spacial score (nSPS) is 20.5. The molecule has 0 aromatic heterocycles. The quantitative estimate of drug-likeness (QED) is 0.742. The van der Waals surface area contributed by atoms with Crippen molar-refractivity contribution in [1.29, 1.82) is 0 Å². The minimum Gasteiger partial charge on any atom is -0.479 e. The molecule has 110 valence electrons. The Hall–Kier alpha value is -1.34. The van der Waals surface area contributed by atoms with Crippen LogP contribution in [0.1, 0.15) is 13.8 Å². The Morgan fingerprint density at radius 3 is 2.63 bits per heavy atom. The van der Waals surface area contributed by atoms with Crippen LogP contribution in [0.3, 0.4) is 0 Å². The van der Waals surface area contributed by atoms with Gasteiger partial charge in [-0.05, 0) is 27.9 Å². The van der Waals surface area contributed by atoms with Crippen LogP contribution in [0.25, 0.3) is 0 Å². The van der Waals surface area contributed by atoms with Gasteiger partial charge < -0.3 is 25.0 Å². The second-order valence-electron chi connectivity index (χ2n) is 5.51. The highest BCUT2D eigenvalue weighted by Crippen LogP contribution is 2.09. The second kappa shape index (κ2) is 6.21. The fraction of sp³-hybridized carbons (Fsp3) is 0.833. The highest BCUT2D eigenvalue weighted by atomic mass is 16.5. The molecule has 1 fully saturated rings. The van der Waals surface area contributed by atoms with Crippen molar-refractivity contribution in [2.75, 3.05) is 40.3 Å². The number of urea groups is 1. The molecular formula is C12H23N3O4. The first-order valence-electron chi connectivity index (χ1n) is 6.28. The van der Waals surface area contributed by atoms with Gasteiger partial charge in [-0.3, -0.25) is 0 Å². The summed E-state index contributed by atoms with van der Waals surface area (Å²) in [7, 11) is 3.89. The van der Waals surface area contributed by atoms with E-state index in [4.69, 9.17) is 9.84 Å². The van der Waals surface area contributed by atoms with Crippen LogP contribution in [-0.4, -0.2) is 78.9 Å². The van der Waals surface area contributed by atoms with Gasteiger partial charge in [-0.15, -0.1) is 0 Å². The highest BCUT2D eigenvalue weighted by Gasteiger charge is 2.30. The maximum Gasteiger partial charge on any atom is 0.334 e. The van der Waals surface area contributed by atoms with Crippen molar-refractivity contribution < 1.29 is 19.4 Å². The molecule has 19 heavy (non-hydrogen) atoms. The number of hydrogen-bond acceptors (Lipinski definition) is 4. The minimum absolute atomic E-state index is 0.0869. The number of nitrogens with one attached hydrogen (secondary N) is 1. The Morgan fingerprint density at radius 1 is 1.47 bits per heavy atom. The molecule has 0 saturated carbocycles. The van der Waals surface area contributed by atoms with Crippen LogP contribution in [0.2, 0.25) is 0 Å². The third-order valence-corrected chi connectivity index (χ3v) is 3.51. The third kappa shape index (κ3) is 4.36. The van der Waals surface area contributed by atoms with Crippen molar-refractivity contribution in [2.45, 2.75) is 25.5 Å². The molecule has 2 amide bonds. The number of rotatable bonds is 4. The van der Waals surface area contributed by atoms with Gasteiger partial charge in [0.1, 0.15) is 0 Å². The van der Waals surface area contributed by atoms with Crippen molar-refractivity contribution in [1.82, 2.24) is 15.1 Å². The summed E-state index contributed by atoms with van der Waals surface area (Å²) >= 11 is 0. The summed E-state index contributed by atoms with van der Waals surface area (Å²) in [5.74, 6) is -1.04. The standard InChI is InChI=1S/C12H23N3O4/c1-12(2,14(3)4)8-13-11(18)15-5-6-19-9(7-15)10(16)17/h9H,5-8H2,1-4H3,(H,13,18)(H,16,17). The lowest BCUT2D eigenvalue weighted by atomic mass is 10.0. The Morgan fingerprint density at radius 2 is 2.11 bits per heavy atom. The van der Waals surface area contributed by atoms with E-state index < -0.39 is 12.1 Å². The van der Waals surface area contributed by atoms with E-state index in [0.29, 0.717) is 13.1 Å². The van der Waals surface area contributed by atoms with E-state index in [1.807, 2.05) is 32.8 Å². The number of nitrogens with zero attached hydrogens (tertiary/aromatic N) is 2. The van der Waals surface area contributed by atoms with Gasteiger partial charge in [0, 0.05) is 18.6 Å². The molecule has 0 bridgehead atoms. The van der Waals surface area contributed by atoms with Gasteiger partial charge in [0.15, 0.2) is 6.10 Å². The molecule has 1 aliphatic rings. The number of hydrogen-bond donors (Lipinski definition) is 2. The number of amides is 2. The molecule has 7 heteroatoms. The molecule has 1 rings (SSSR count). The Kier molecular flexibility index (Phi) is 5.13. The lowest BCUT2D eigenvalue weighted by molar-refractivity contribution is -0.154. The average molecular weight is 273 g/mol. The SMILES string of the molecule is CN(C)C(C)(C)CNC(=O)N1CCOC(C(=O)O)C1. The van der Waals surface area contributed by atoms with Crippen molar-refractivity contribution in [2.24, 2.45) is 0 Å². The number of aliphatic carboxylic acids is 1. The molecule has 0 radical (unpaired) electrons. The summed E-state index contributed by atoms with van der Waals surface area (Å²) in [4.78, 5) is 26.3. The Balaban J connectivity index is 2.47. The molecule has 1 saturated heterocycles. The van der Waals surface area contributed by atoms with Gasteiger partial charge in [-0.2, -0.15) is 0 Å². The van der Waals surface area contributed by atoms with Crippen LogP contribution in [0.4, 0.5) is 4.79 Å². The lowest BCUT2D eigenvalue weighted by Crippen LogP contribution is -2.55. The lowest BCUT2D eigenvalue weighted by Gasteiger charge is -2.35. The van der Waals surface area contributed by atoms with Gasteiger partial charge >= 0.3 is 12.0 Å². The molecule has 1 atom stereocenters. The highest BCUT2D eigenvalue weighted by molar-refractivity contribution is 5.77. The number of morpholine rings is 1. The van der Waals surface area contributed by atoms with Crippen LogP contribution in [-0.2, 0) is 9.53 Å². The van der Waals surface area contributed by atoms with Gasteiger partial charge in [-0.25, -0.2) is 9.59 Å². The minimum atomic E-state index is -1.04. The zero-order valence-corrected chi connectivity index (χ0v) is 12.0. The molecular weight excluding hydrogens is 250 g/mol. The van der Waals surface area contributed by atoms with E-state index in [2.05, 4.69) is 5.32 Å². The molecule has 1 unspecified atom stereocenters. The zero-order valence-electron chi connectivity index (χ0n) is 12.0. The smallest absolute Gasteiger partial charge is 0.334 e. The number of likely N-dealkylation sites (N-methyl/N-ethyl adjacent to an activating group) is 1. The fourth-order valence-corrected chi connectivity index (χ4v) is 1.54. The van der Waals surface area contributed by atoms with Crippen molar-refractivity contribution >= 4 is 12.0 Å². The number of carboxylic acids is 1. The number of carbonyl (C=O) groups is 2. The second-order valence-corrected chi connectivity index (χ2v) is 5.51. The summed E-state index contributed by atoms with van der Waals surface area (Å²) < 4.78 is 5.07. The van der Waals surface area contributed by atoms with Crippen LogP contribution >= 0.6 is 0 Å². The van der Waals surface area contributed by atoms with E-state index in [9.17, 15) is 9.59 Å². The predicted octanol–water partition coefficient (Wildman–Crippen LogP) is -0.178. The first kappa shape index (κ1) is 15.7. The number of carboxylic acid groups (broad SMARTS) is 1. The molecule has 1 heterocycles. The summed E-state index contributed by atoms with van der Waals surface area (Å²) in [6.45, 7) is 5.29. The molecule has 2 N–H and O–H groups in total. The summed E-state index contributed by atoms with van der Waals surface area (Å²) in [6, 6.07) is -0.246. The fourth-order valence-electron chi connectivity index (χ4n) is 1.54. The van der Waals surface area contributed by atoms with E-state index in [1.165, 1.54) is 4.90 Å². The van der Waals surface area contributed by atoms with Gasteiger partial charge in [0.2, 0.25) is 0 Å². The molecule has 7 nitrogen and oxygen atoms in total. The Bertz CT molecular complexity index is 344. The van der Waals surface area contributed by atoms with Crippen LogP contribution in [0, 0.1) is 0 Å². The van der Waals surface area contributed by atoms with Gasteiger partial charge in [-0.1, -0.05) is 0 Å².